The topological polar surface area (TPSA) is 65.5 Å². The predicted molar refractivity (Wildman–Crippen MR) is 75.2 cm³/mol. The van der Waals surface area contributed by atoms with E-state index >= 15 is 0 Å². The van der Waals surface area contributed by atoms with E-state index in [1.165, 1.54) is 0 Å². The summed E-state index contributed by atoms with van der Waals surface area (Å²) in [6.07, 6.45) is 3.07. The molecule has 2 N–H and O–H groups in total. The zero-order chi connectivity index (χ0) is 13.4. The van der Waals surface area contributed by atoms with Gasteiger partial charge in [-0.1, -0.05) is 0 Å². The molecule has 1 unspecified atom stereocenters. The van der Waals surface area contributed by atoms with Crippen molar-refractivity contribution in [3.8, 4) is 0 Å². The van der Waals surface area contributed by atoms with E-state index in [9.17, 15) is 4.79 Å². The van der Waals surface area contributed by atoms with Crippen molar-refractivity contribution in [2.24, 2.45) is 11.8 Å². The van der Waals surface area contributed by atoms with Gasteiger partial charge < -0.3 is 15.3 Å². The van der Waals surface area contributed by atoms with Gasteiger partial charge in [0.2, 0.25) is 0 Å². The summed E-state index contributed by atoms with van der Waals surface area (Å²) in [4.78, 5) is 16.8. The van der Waals surface area contributed by atoms with Gasteiger partial charge in [0.1, 0.15) is 5.82 Å². The minimum absolute atomic E-state index is 0.416. The van der Waals surface area contributed by atoms with E-state index in [1.54, 1.807) is 11.1 Å². The zero-order valence-corrected chi connectivity index (χ0v) is 12.0. The first-order chi connectivity index (χ1) is 9.11. The molecule has 0 aromatic carbocycles. The molecular formula is C13H16BrN3O2. The third-order valence-corrected chi connectivity index (χ3v) is 4.57. The number of likely N-dealkylation sites (tertiary alicyclic amines) is 1. The number of halogens is 1. The first kappa shape index (κ1) is 12.7. The summed E-state index contributed by atoms with van der Waals surface area (Å²) in [6.45, 7) is 1.37. The highest BCUT2D eigenvalue weighted by molar-refractivity contribution is 9.10. The largest absolute Gasteiger partial charge is 0.465 e. The van der Waals surface area contributed by atoms with Crippen LogP contribution in [0.25, 0.3) is 0 Å². The highest BCUT2D eigenvalue weighted by atomic mass is 79.9. The molecule has 1 saturated carbocycles. The second-order valence-corrected chi connectivity index (χ2v) is 6.30. The molecule has 1 saturated heterocycles. The summed E-state index contributed by atoms with van der Waals surface area (Å²) < 4.78 is 0.971. The van der Waals surface area contributed by atoms with Gasteiger partial charge >= 0.3 is 6.09 Å². The second-order valence-electron chi connectivity index (χ2n) is 5.38. The average molecular weight is 326 g/mol. The van der Waals surface area contributed by atoms with Gasteiger partial charge in [-0.3, -0.25) is 0 Å². The summed E-state index contributed by atoms with van der Waals surface area (Å²) >= 11 is 3.37. The Morgan fingerprint density at radius 2 is 2.05 bits per heavy atom. The van der Waals surface area contributed by atoms with Crippen LogP contribution in [0.15, 0.2) is 22.8 Å². The molecule has 1 aliphatic heterocycles. The molecule has 0 radical (unpaired) electrons. The number of pyridine rings is 1. The summed E-state index contributed by atoms with van der Waals surface area (Å²) in [5.41, 5.74) is 0. The smallest absolute Gasteiger partial charge is 0.407 e. The van der Waals surface area contributed by atoms with Gasteiger partial charge in [0.15, 0.2) is 0 Å². The Balaban J connectivity index is 1.57. The second kappa shape index (κ2) is 5.00. The number of carbonyl (C=O) groups is 1. The molecule has 3 rings (SSSR count). The molecule has 2 aliphatic rings. The Bertz CT molecular complexity index is 465. The monoisotopic (exact) mass is 325 g/mol. The lowest BCUT2D eigenvalue weighted by molar-refractivity contribution is 0.152. The van der Waals surface area contributed by atoms with Crippen LogP contribution in [0, 0.1) is 11.8 Å². The van der Waals surface area contributed by atoms with Gasteiger partial charge in [-0.2, -0.15) is 0 Å². The maximum absolute atomic E-state index is 10.9. The van der Waals surface area contributed by atoms with E-state index in [2.05, 4.69) is 26.2 Å². The minimum atomic E-state index is -0.784. The number of aromatic nitrogens is 1. The number of anilines is 1. The predicted octanol–water partition coefficient (Wildman–Crippen LogP) is 2.64. The molecular weight excluding hydrogens is 310 g/mol. The van der Waals surface area contributed by atoms with Gasteiger partial charge in [0.05, 0.1) is 0 Å². The number of fused-ring (bicyclic) bond motifs is 1. The van der Waals surface area contributed by atoms with E-state index in [0.717, 1.165) is 23.1 Å². The van der Waals surface area contributed by atoms with Crippen molar-refractivity contribution in [2.75, 3.05) is 18.4 Å². The lowest BCUT2D eigenvalue weighted by atomic mass is 10.0. The Morgan fingerprint density at radius 1 is 1.37 bits per heavy atom. The van der Waals surface area contributed by atoms with E-state index in [-0.39, 0.29) is 0 Å². The van der Waals surface area contributed by atoms with Crippen molar-refractivity contribution in [3.05, 3.63) is 22.8 Å². The maximum atomic E-state index is 10.9. The van der Waals surface area contributed by atoms with Crippen LogP contribution in [-0.2, 0) is 0 Å². The fourth-order valence-electron chi connectivity index (χ4n) is 3.24. The number of carboxylic acid groups (broad SMARTS) is 1. The third kappa shape index (κ3) is 2.68. The number of rotatable bonds is 2. The molecule has 2 heterocycles. The molecule has 2 fully saturated rings. The molecule has 0 spiro atoms. The quantitative estimate of drug-likeness (QED) is 0.877. The van der Waals surface area contributed by atoms with E-state index in [1.807, 2.05) is 12.1 Å². The fourth-order valence-corrected chi connectivity index (χ4v) is 3.48. The van der Waals surface area contributed by atoms with Crippen LogP contribution in [0.4, 0.5) is 10.6 Å². The van der Waals surface area contributed by atoms with Crippen LogP contribution < -0.4 is 5.32 Å². The number of nitrogens with zero attached hydrogens (tertiary/aromatic N) is 2. The van der Waals surface area contributed by atoms with Crippen molar-refractivity contribution in [3.63, 3.8) is 0 Å². The summed E-state index contributed by atoms with van der Waals surface area (Å²) in [5, 5.41) is 12.4. The standard InChI is InChI=1S/C13H16BrN3O2/c14-10-1-2-12(15-5-10)16-11-3-8-6-17(13(18)19)7-9(8)4-11/h1-2,5,8-9,11H,3-4,6-7H2,(H,15,16)(H,18,19)/t8-,9+,11?. The molecule has 1 aromatic heterocycles. The normalized spacial score (nSPS) is 29.3. The number of hydrogen-bond donors (Lipinski definition) is 2. The van der Waals surface area contributed by atoms with Crippen molar-refractivity contribution in [1.82, 2.24) is 9.88 Å². The first-order valence-electron chi connectivity index (χ1n) is 6.48. The van der Waals surface area contributed by atoms with Crippen molar-refractivity contribution < 1.29 is 9.90 Å². The number of hydrogen-bond acceptors (Lipinski definition) is 3. The van der Waals surface area contributed by atoms with Gasteiger partial charge in [0.25, 0.3) is 0 Å². The summed E-state index contributed by atoms with van der Waals surface area (Å²) in [6, 6.07) is 4.35. The lowest BCUT2D eigenvalue weighted by Gasteiger charge is -2.17. The lowest BCUT2D eigenvalue weighted by Crippen LogP contribution is -2.29. The summed E-state index contributed by atoms with van der Waals surface area (Å²) in [5.74, 6) is 1.90. The molecule has 5 nitrogen and oxygen atoms in total. The molecule has 3 atom stereocenters. The highest BCUT2D eigenvalue weighted by Crippen LogP contribution is 2.39. The van der Waals surface area contributed by atoms with Gasteiger partial charge in [-0.05, 0) is 52.7 Å². The molecule has 6 heteroatoms. The van der Waals surface area contributed by atoms with Gasteiger partial charge in [-0.15, -0.1) is 0 Å². The number of nitrogens with one attached hydrogen (secondary N) is 1. The van der Waals surface area contributed by atoms with E-state index in [0.29, 0.717) is 31.0 Å². The third-order valence-electron chi connectivity index (χ3n) is 4.10. The Kier molecular flexibility index (Phi) is 3.35. The van der Waals surface area contributed by atoms with E-state index < -0.39 is 6.09 Å². The van der Waals surface area contributed by atoms with Gasteiger partial charge in [-0.25, -0.2) is 9.78 Å². The Labute approximate surface area is 120 Å². The minimum Gasteiger partial charge on any atom is -0.465 e. The van der Waals surface area contributed by atoms with Crippen molar-refractivity contribution in [1.29, 1.82) is 0 Å². The average Bonchev–Trinajstić information content (AvgIpc) is 2.90. The van der Waals surface area contributed by atoms with Crippen molar-refractivity contribution in [2.45, 2.75) is 18.9 Å². The van der Waals surface area contributed by atoms with Crippen LogP contribution in [0.3, 0.4) is 0 Å². The molecule has 19 heavy (non-hydrogen) atoms. The molecule has 1 amide bonds. The zero-order valence-electron chi connectivity index (χ0n) is 10.4. The van der Waals surface area contributed by atoms with Crippen LogP contribution >= 0.6 is 15.9 Å². The molecule has 1 aromatic rings. The van der Waals surface area contributed by atoms with Crippen LogP contribution in [0.2, 0.25) is 0 Å². The number of amides is 1. The molecule has 0 bridgehead atoms. The molecule has 102 valence electrons. The van der Waals surface area contributed by atoms with Crippen LogP contribution in [0.1, 0.15) is 12.8 Å². The van der Waals surface area contributed by atoms with Crippen molar-refractivity contribution >= 4 is 27.8 Å². The molecule has 1 aliphatic carbocycles. The first-order valence-corrected chi connectivity index (χ1v) is 7.27. The fraction of sp³-hybridized carbons (Fsp3) is 0.538. The maximum Gasteiger partial charge on any atom is 0.407 e. The Hall–Kier alpha value is -1.30. The van der Waals surface area contributed by atoms with E-state index in [4.69, 9.17) is 5.11 Å². The van der Waals surface area contributed by atoms with Gasteiger partial charge in [0, 0.05) is 29.8 Å². The highest BCUT2D eigenvalue weighted by Gasteiger charge is 2.42. The van der Waals surface area contributed by atoms with Crippen LogP contribution in [0.5, 0.6) is 0 Å². The Morgan fingerprint density at radius 3 is 2.58 bits per heavy atom. The SMILES string of the molecule is O=C(O)N1C[C@H]2CC(Nc3ccc(Br)cn3)C[C@H]2C1. The van der Waals surface area contributed by atoms with Crippen LogP contribution in [-0.4, -0.2) is 40.2 Å². The summed E-state index contributed by atoms with van der Waals surface area (Å²) in [7, 11) is 0.